The average molecular weight is 621 g/mol. The lowest BCUT2D eigenvalue weighted by atomic mass is 10.0. The summed E-state index contributed by atoms with van der Waals surface area (Å²) in [6.07, 6.45) is 1.58. The number of anilines is 1. The van der Waals surface area contributed by atoms with E-state index >= 15 is 0 Å². The van der Waals surface area contributed by atoms with Gasteiger partial charge in [-0.15, -0.1) is 0 Å². The van der Waals surface area contributed by atoms with Crippen LogP contribution in [0.25, 0.3) is 0 Å². The van der Waals surface area contributed by atoms with Crippen LogP contribution in [0.15, 0.2) is 72.8 Å². The van der Waals surface area contributed by atoms with Gasteiger partial charge >= 0.3 is 0 Å². The number of nitrogens with one attached hydrogen (secondary N) is 1. The first kappa shape index (κ1) is 32.2. The molecule has 0 saturated heterocycles. The van der Waals surface area contributed by atoms with Gasteiger partial charge in [-0.1, -0.05) is 65.7 Å². The summed E-state index contributed by atoms with van der Waals surface area (Å²) in [5.74, 6) is 0.0800. The Bertz CT molecular complexity index is 1440. The molecule has 0 aliphatic rings. The third-order valence-electron chi connectivity index (χ3n) is 6.44. The van der Waals surface area contributed by atoms with Gasteiger partial charge in [-0.3, -0.25) is 13.9 Å². The van der Waals surface area contributed by atoms with Crippen LogP contribution in [0.3, 0.4) is 0 Å². The standard InChI is InChI=1S/C30H35Cl2N3O5S/c1-4-33-30(37)28(19-22-10-6-5-7-11-22)34(21-23-12-8-13-25(18-23)40-2)29(36)14-9-17-35(41(3,38)39)27-20-24(31)15-16-26(27)32/h5-8,10-13,15-16,18,20,28H,4,9,14,17,19,21H2,1-3H3,(H,33,37)/t28-/m1/s1. The molecule has 0 aliphatic carbocycles. The zero-order chi connectivity index (χ0) is 30.0. The highest BCUT2D eigenvalue weighted by Gasteiger charge is 2.30. The third kappa shape index (κ3) is 9.38. The molecule has 0 fully saturated rings. The van der Waals surface area contributed by atoms with Crippen molar-refractivity contribution in [1.29, 1.82) is 0 Å². The van der Waals surface area contributed by atoms with Gasteiger partial charge in [0.2, 0.25) is 21.8 Å². The highest BCUT2D eigenvalue weighted by Crippen LogP contribution is 2.31. The molecular weight excluding hydrogens is 585 g/mol. The maximum atomic E-state index is 13.8. The fourth-order valence-corrected chi connectivity index (χ4v) is 5.88. The van der Waals surface area contributed by atoms with Crippen molar-refractivity contribution >= 4 is 50.7 Å². The van der Waals surface area contributed by atoms with Gasteiger partial charge in [0.25, 0.3) is 0 Å². The zero-order valence-corrected chi connectivity index (χ0v) is 25.7. The van der Waals surface area contributed by atoms with Crippen LogP contribution in [0.2, 0.25) is 10.0 Å². The van der Waals surface area contributed by atoms with Crippen molar-refractivity contribution in [3.63, 3.8) is 0 Å². The zero-order valence-electron chi connectivity index (χ0n) is 23.3. The molecule has 0 aliphatic heterocycles. The molecule has 0 heterocycles. The first-order valence-corrected chi connectivity index (χ1v) is 15.8. The average Bonchev–Trinajstić information content (AvgIpc) is 2.94. The SMILES string of the molecule is CCNC(=O)[C@@H](Cc1ccccc1)N(Cc1cccc(OC)c1)C(=O)CCCN(c1cc(Cl)ccc1Cl)S(C)(=O)=O. The number of carbonyl (C=O) groups is 2. The van der Waals surface area contributed by atoms with Crippen molar-refractivity contribution in [2.75, 3.05) is 30.8 Å². The summed E-state index contributed by atoms with van der Waals surface area (Å²) in [6, 6.07) is 20.6. The first-order chi connectivity index (χ1) is 19.5. The summed E-state index contributed by atoms with van der Waals surface area (Å²) in [7, 11) is -2.16. The molecule has 41 heavy (non-hydrogen) atoms. The Labute approximate surface area is 252 Å². The number of hydrogen-bond acceptors (Lipinski definition) is 5. The maximum absolute atomic E-state index is 13.8. The van der Waals surface area contributed by atoms with Crippen molar-refractivity contribution in [2.45, 2.75) is 38.8 Å². The Kier molecular flexibility index (Phi) is 11.9. The number of nitrogens with zero attached hydrogens (tertiary/aromatic N) is 2. The lowest BCUT2D eigenvalue weighted by Gasteiger charge is -2.32. The quantitative estimate of drug-likeness (QED) is 0.263. The van der Waals surface area contributed by atoms with Crippen molar-refractivity contribution in [3.8, 4) is 5.75 Å². The van der Waals surface area contributed by atoms with Crippen LogP contribution in [0.4, 0.5) is 5.69 Å². The Hall–Kier alpha value is -3.27. The van der Waals surface area contributed by atoms with E-state index < -0.39 is 16.1 Å². The highest BCUT2D eigenvalue weighted by molar-refractivity contribution is 7.92. The lowest BCUT2D eigenvalue weighted by Crippen LogP contribution is -2.50. The van der Waals surface area contributed by atoms with Crippen LogP contribution in [-0.2, 0) is 32.6 Å². The van der Waals surface area contributed by atoms with Gasteiger partial charge in [0.05, 0.1) is 24.1 Å². The van der Waals surface area contributed by atoms with Gasteiger partial charge in [0.15, 0.2) is 0 Å². The van der Waals surface area contributed by atoms with Crippen LogP contribution in [0, 0.1) is 0 Å². The van der Waals surface area contributed by atoms with Crippen molar-refractivity contribution in [3.05, 3.63) is 94.0 Å². The normalized spacial score (nSPS) is 11.9. The Morgan fingerprint density at radius 2 is 1.68 bits per heavy atom. The third-order valence-corrected chi connectivity index (χ3v) is 8.17. The van der Waals surface area contributed by atoms with Crippen LogP contribution in [0.1, 0.15) is 30.9 Å². The van der Waals surface area contributed by atoms with E-state index in [9.17, 15) is 18.0 Å². The molecule has 0 radical (unpaired) electrons. The van der Waals surface area contributed by atoms with E-state index in [0.717, 1.165) is 21.7 Å². The monoisotopic (exact) mass is 619 g/mol. The van der Waals surface area contributed by atoms with E-state index in [2.05, 4.69) is 5.32 Å². The predicted molar refractivity (Wildman–Crippen MR) is 164 cm³/mol. The molecule has 8 nitrogen and oxygen atoms in total. The molecule has 3 aromatic carbocycles. The lowest BCUT2D eigenvalue weighted by molar-refractivity contribution is -0.141. The number of rotatable bonds is 14. The molecule has 0 saturated carbocycles. The van der Waals surface area contributed by atoms with E-state index in [1.165, 1.54) is 12.1 Å². The number of hydrogen-bond donors (Lipinski definition) is 1. The van der Waals surface area contributed by atoms with Gasteiger partial charge < -0.3 is 15.0 Å². The smallest absolute Gasteiger partial charge is 0.243 e. The molecule has 2 amide bonds. The van der Waals surface area contributed by atoms with Crippen LogP contribution < -0.4 is 14.4 Å². The fraction of sp³-hybridized carbons (Fsp3) is 0.333. The molecule has 3 aromatic rings. The van der Waals surface area contributed by atoms with Crippen molar-refractivity contribution < 1.29 is 22.7 Å². The summed E-state index contributed by atoms with van der Waals surface area (Å²) in [5.41, 5.74) is 1.95. The summed E-state index contributed by atoms with van der Waals surface area (Å²) in [4.78, 5) is 28.7. The topological polar surface area (TPSA) is 96.0 Å². The van der Waals surface area contributed by atoms with Gasteiger partial charge in [-0.05, 0) is 54.8 Å². The first-order valence-electron chi connectivity index (χ1n) is 13.2. The summed E-state index contributed by atoms with van der Waals surface area (Å²) >= 11 is 12.4. The number of amides is 2. The molecule has 220 valence electrons. The number of sulfonamides is 1. The van der Waals surface area contributed by atoms with E-state index in [0.29, 0.717) is 23.7 Å². The number of likely N-dealkylation sites (N-methyl/N-ethyl adjacent to an activating group) is 1. The molecule has 11 heteroatoms. The number of carbonyl (C=O) groups excluding carboxylic acids is 2. The minimum atomic E-state index is -3.72. The fourth-order valence-electron chi connectivity index (χ4n) is 4.47. The minimum Gasteiger partial charge on any atom is -0.497 e. The van der Waals surface area contributed by atoms with E-state index in [1.54, 1.807) is 18.1 Å². The summed E-state index contributed by atoms with van der Waals surface area (Å²) in [5, 5.41) is 3.43. The molecule has 0 unspecified atom stereocenters. The molecule has 0 aromatic heterocycles. The van der Waals surface area contributed by atoms with Gasteiger partial charge in [-0.2, -0.15) is 0 Å². The Morgan fingerprint density at radius 3 is 2.34 bits per heavy atom. The number of benzene rings is 3. The van der Waals surface area contributed by atoms with E-state index in [1.807, 2.05) is 61.5 Å². The van der Waals surface area contributed by atoms with Crippen LogP contribution >= 0.6 is 23.2 Å². The molecule has 3 rings (SSSR count). The van der Waals surface area contributed by atoms with E-state index in [4.69, 9.17) is 27.9 Å². The van der Waals surface area contributed by atoms with Gasteiger partial charge in [-0.25, -0.2) is 8.42 Å². The Morgan fingerprint density at radius 1 is 0.976 bits per heavy atom. The van der Waals surface area contributed by atoms with Gasteiger partial charge in [0.1, 0.15) is 11.8 Å². The molecular formula is C30H35Cl2N3O5S. The highest BCUT2D eigenvalue weighted by atomic mass is 35.5. The second-order valence-electron chi connectivity index (χ2n) is 9.51. The van der Waals surface area contributed by atoms with E-state index in [-0.39, 0.29) is 48.5 Å². The molecule has 0 bridgehead atoms. The maximum Gasteiger partial charge on any atom is 0.243 e. The van der Waals surface area contributed by atoms with Crippen molar-refractivity contribution in [1.82, 2.24) is 10.2 Å². The molecule has 1 N–H and O–H groups in total. The second-order valence-corrected chi connectivity index (χ2v) is 12.3. The van der Waals surface area contributed by atoms with Crippen LogP contribution in [0.5, 0.6) is 5.75 Å². The molecule has 0 spiro atoms. The van der Waals surface area contributed by atoms with Crippen molar-refractivity contribution in [2.24, 2.45) is 0 Å². The number of methoxy groups -OCH3 is 1. The summed E-state index contributed by atoms with van der Waals surface area (Å²) < 4.78 is 31.8. The second kappa shape index (κ2) is 15.1. The number of ether oxygens (including phenoxy) is 1. The van der Waals surface area contributed by atoms with Gasteiger partial charge in [0, 0.05) is 37.5 Å². The summed E-state index contributed by atoms with van der Waals surface area (Å²) in [6.45, 7) is 2.41. The Balaban J connectivity index is 1.90. The predicted octanol–water partition coefficient (Wildman–Crippen LogP) is 5.32. The minimum absolute atomic E-state index is 0.00112. The largest absolute Gasteiger partial charge is 0.497 e. The van der Waals surface area contributed by atoms with Crippen LogP contribution in [-0.4, -0.2) is 57.6 Å². The number of halogens is 2. The molecule has 1 atom stereocenters.